The number of halogens is 1. The van der Waals surface area contributed by atoms with Crippen LogP contribution in [-0.4, -0.2) is 48.1 Å². The van der Waals surface area contributed by atoms with Gasteiger partial charge in [0.15, 0.2) is 0 Å². The standard InChI is InChI=1S/C18H22ClN3O2/c1-22(2)18(24)15(13-6-4-3-5-7-13)11-20-12-16(23)14-8-9-17(19)21-10-14/h3-10,15-16,20,23H,11-12H2,1-2H3/t15?,16-/m0/s1. The SMILES string of the molecule is CN(C)C(=O)C(CNC[C@H](O)c1ccc(Cl)nc1)c1ccccc1. The number of carbonyl (C=O) groups excluding carboxylic acids is 1. The number of hydrogen-bond acceptors (Lipinski definition) is 4. The van der Waals surface area contributed by atoms with Crippen molar-refractivity contribution in [2.75, 3.05) is 27.2 Å². The molecule has 0 fully saturated rings. The number of pyridine rings is 1. The number of hydrogen-bond donors (Lipinski definition) is 2. The predicted octanol–water partition coefficient (Wildman–Crippen LogP) is 2.23. The Kier molecular flexibility index (Phi) is 6.73. The zero-order chi connectivity index (χ0) is 17.5. The van der Waals surface area contributed by atoms with Gasteiger partial charge in [0.25, 0.3) is 0 Å². The molecule has 1 amide bonds. The largest absolute Gasteiger partial charge is 0.387 e. The summed E-state index contributed by atoms with van der Waals surface area (Å²) in [6, 6.07) is 13.0. The van der Waals surface area contributed by atoms with Gasteiger partial charge in [0.2, 0.25) is 5.91 Å². The molecule has 1 unspecified atom stereocenters. The number of nitrogens with zero attached hydrogens (tertiary/aromatic N) is 2. The Morgan fingerprint density at radius 3 is 2.46 bits per heavy atom. The highest BCUT2D eigenvalue weighted by atomic mass is 35.5. The van der Waals surface area contributed by atoms with Crippen LogP contribution in [0.4, 0.5) is 0 Å². The molecule has 24 heavy (non-hydrogen) atoms. The average molecular weight is 348 g/mol. The molecule has 2 rings (SSSR count). The summed E-state index contributed by atoms with van der Waals surface area (Å²) in [5.74, 6) is -0.270. The van der Waals surface area contributed by atoms with E-state index in [0.717, 1.165) is 5.56 Å². The Labute approximate surface area is 147 Å². The molecule has 0 aliphatic heterocycles. The number of carbonyl (C=O) groups is 1. The monoisotopic (exact) mass is 347 g/mol. The quantitative estimate of drug-likeness (QED) is 0.754. The van der Waals surface area contributed by atoms with Crippen molar-refractivity contribution in [2.45, 2.75) is 12.0 Å². The van der Waals surface area contributed by atoms with Crippen LogP contribution < -0.4 is 5.32 Å². The smallest absolute Gasteiger partial charge is 0.230 e. The van der Waals surface area contributed by atoms with Crippen LogP contribution in [0.3, 0.4) is 0 Å². The molecule has 0 saturated carbocycles. The molecule has 2 aromatic rings. The lowest BCUT2D eigenvalue weighted by atomic mass is 9.97. The number of benzene rings is 1. The van der Waals surface area contributed by atoms with Crippen LogP contribution in [0.1, 0.15) is 23.1 Å². The molecule has 2 N–H and O–H groups in total. The number of aliphatic hydroxyl groups is 1. The Morgan fingerprint density at radius 2 is 1.88 bits per heavy atom. The van der Waals surface area contributed by atoms with E-state index in [0.29, 0.717) is 23.8 Å². The van der Waals surface area contributed by atoms with Crippen molar-refractivity contribution in [3.05, 3.63) is 64.9 Å². The molecule has 0 bridgehead atoms. The number of amides is 1. The molecule has 0 aliphatic rings. The fraction of sp³-hybridized carbons (Fsp3) is 0.333. The topological polar surface area (TPSA) is 65.5 Å². The van der Waals surface area contributed by atoms with E-state index in [1.807, 2.05) is 30.3 Å². The van der Waals surface area contributed by atoms with Crippen molar-refractivity contribution < 1.29 is 9.90 Å². The minimum Gasteiger partial charge on any atom is -0.387 e. The Bertz CT molecular complexity index is 647. The second-order valence-electron chi connectivity index (χ2n) is 5.78. The zero-order valence-corrected chi connectivity index (χ0v) is 14.6. The van der Waals surface area contributed by atoms with E-state index in [1.54, 1.807) is 37.3 Å². The first kappa shape index (κ1) is 18.4. The van der Waals surface area contributed by atoms with Crippen molar-refractivity contribution in [3.63, 3.8) is 0 Å². The number of aromatic nitrogens is 1. The summed E-state index contributed by atoms with van der Waals surface area (Å²) in [6.07, 6.45) is 0.842. The lowest BCUT2D eigenvalue weighted by molar-refractivity contribution is -0.130. The summed E-state index contributed by atoms with van der Waals surface area (Å²) in [7, 11) is 3.49. The molecular formula is C18H22ClN3O2. The lowest BCUT2D eigenvalue weighted by Crippen LogP contribution is -2.36. The van der Waals surface area contributed by atoms with E-state index in [2.05, 4.69) is 10.3 Å². The first-order valence-electron chi connectivity index (χ1n) is 7.75. The van der Waals surface area contributed by atoms with Gasteiger partial charge in [0, 0.05) is 38.9 Å². The molecule has 0 saturated heterocycles. The van der Waals surface area contributed by atoms with Gasteiger partial charge in [-0.05, 0) is 11.6 Å². The molecular weight excluding hydrogens is 326 g/mol. The highest BCUT2D eigenvalue weighted by Crippen LogP contribution is 2.18. The molecule has 128 valence electrons. The van der Waals surface area contributed by atoms with Crippen molar-refractivity contribution in [1.29, 1.82) is 0 Å². The van der Waals surface area contributed by atoms with Crippen LogP contribution in [0.25, 0.3) is 0 Å². The summed E-state index contributed by atoms with van der Waals surface area (Å²) >= 11 is 5.74. The summed E-state index contributed by atoms with van der Waals surface area (Å²) in [6.45, 7) is 0.770. The maximum absolute atomic E-state index is 12.4. The molecule has 0 spiro atoms. The normalized spacial score (nSPS) is 13.3. The number of rotatable bonds is 7. The van der Waals surface area contributed by atoms with Gasteiger partial charge in [-0.2, -0.15) is 0 Å². The van der Waals surface area contributed by atoms with E-state index in [1.165, 1.54) is 0 Å². The van der Waals surface area contributed by atoms with Crippen LogP contribution in [0.2, 0.25) is 5.15 Å². The van der Waals surface area contributed by atoms with Gasteiger partial charge >= 0.3 is 0 Å². The molecule has 2 atom stereocenters. The third-order valence-corrected chi connectivity index (χ3v) is 3.99. The van der Waals surface area contributed by atoms with E-state index < -0.39 is 6.10 Å². The molecule has 1 heterocycles. The molecule has 5 nitrogen and oxygen atoms in total. The first-order chi connectivity index (χ1) is 11.5. The molecule has 0 aliphatic carbocycles. The van der Waals surface area contributed by atoms with Crippen molar-refractivity contribution in [2.24, 2.45) is 0 Å². The summed E-state index contributed by atoms with van der Waals surface area (Å²) < 4.78 is 0. The van der Waals surface area contributed by atoms with E-state index >= 15 is 0 Å². The highest BCUT2D eigenvalue weighted by molar-refractivity contribution is 6.29. The van der Waals surface area contributed by atoms with Crippen LogP contribution in [0.5, 0.6) is 0 Å². The Morgan fingerprint density at radius 1 is 1.17 bits per heavy atom. The molecule has 1 aromatic heterocycles. The third kappa shape index (κ3) is 5.03. The summed E-state index contributed by atoms with van der Waals surface area (Å²) in [4.78, 5) is 18.0. The van der Waals surface area contributed by atoms with Crippen molar-refractivity contribution in [3.8, 4) is 0 Å². The fourth-order valence-electron chi connectivity index (χ4n) is 2.41. The zero-order valence-electron chi connectivity index (χ0n) is 13.8. The first-order valence-corrected chi connectivity index (χ1v) is 8.13. The van der Waals surface area contributed by atoms with Crippen LogP contribution in [0, 0.1) is 0 Å². The van der Waals surface area contributed by atoms with Crippen molar-refractivity contribution >= 4 is 17.5 Å². The van der Waals surface area contributed by atoms with Gasteiger partial charge in [0.1, 0.15) is 5.15 Å². The van der Waals surface area contributed by atoms with Crippen LogP contribution in [0.15, 0.2) is 48.7 Å². The van der Waals surface area contributed by atoms with Crippen LogP contribution >= 0.6 is 11.6 Å². The summed E-state index contributed by atoms with van der Waals surface area (Å²) in [5, 5.41) is 13.8. The lowest BCUT2D eigenvalue weighted by Gasteiger charge is -2.22. The van der Waals surface area contributed by atoms with E-state index in [9.17, 15) is 9.90 Å². The van der Waals surface area contributed by atoms with E-state index in [-0.39, 0.29) is 11.8 Å². The van der Waals surface area contributed by atoms with E-state index in [4.69, 9.17) is 11.6 Å². The van der Waals surface area contributed by atoms with Gasteiger partial charge < -0.3 is 15.3 Å². The van der Waals surface area contributed by atoms with Gasteiger partial charge in [-0.15, -0.1) is 0 Å². The predicted molar refractivity (Wildman–Crippen MR) is 95.0 cm³/mol. The maximum Gasteiger partial charge on any atom is 0.230 e. The Balaban J connectivity index is 1.98. The van der Waals surface area contributed by atoms with Gasteiger partial charge in [-0.1, -0.05) is 48.0 Å². The second-order valence-corrected chi connectivity index (χ2v) is 6.17. The minimum atomic E-state index is -0.708. The van der Waals surface area contributed by atoms with Crippen LogP contribution in [-0.2, 0) is 4.79 Å². The maximum atomic E-state index is 12.4. The molecule has 0 radical (unpaired) electrons. The average Bonchev–Trinajstić information content (AvgIpc) is 2.59. The summed E-state index contributed by atoms with van der Waals surface area (Å²) in [5.41, 5.74) is 1.63. The number of nitrogens with one attached hydrogen (secondary N) is 1. The minimum absolute atomic E-state index is 0.0244. The second kappa shape index (κ2) is 8.78. The van der Waals surface area contributed by atoms with Gasteiger partial charge in [-0.3, -0.25) is 4.79 Å². The Hall–Kier alpha value is -1.95. The highest BCUT2D eigenvalue weighted by Gasteiger charge is 2.22. The molecule has 1 aromatic carbocycles. The van der Waals surface area contributed by atoms with Crippen molar-refractivity contribution in [1.82, 2.24) is 15.2 Å². The van der Waals surface area contributed by atoms with Gasteiger partial charge in [-0.25, -0.2) is 4.98 Å². The van der Waals surface area contributed by atoms with Gasteiger partial charge in [0.05, 0.1) is 12.0 Å². The number of aliphatic hydroxyl groups excluding tert-OH is 1. The third-order valence-electron chi connectivity index (χ3n) is 3.76. The number of likely N-dealkylation sites (N-methyl/N-ethyl adjacent to an activating group) is 1. The fourth-order valence-corrected chi connectivity index (χ4v) is 2.52. The molecule has 6 heteroatoms.